The number of rotatable bonds is 4. The van der Waals surface area contributed by atoms with E-state index in [0.717, 1.165) is 0 Å². The average Bonchev–Trinajstić information content (AvgIpc) is 2.14. The van der Waals surface area contributed by atoms with Crippen LogP contribution in [0.15, 0.2) is 24.3 Å². The Morgan fingerprint density at radius 3 is 2.06 bits per heavy atom. The zero-order valence-corrected chi connectivity index (χ0v) is 13.9. The molecule has 0 saturated heterocycles. The van der Waals surface area contributed by atoms with Crippen molar-refractivity contribution in [2.24, 2.45) is 0 Å². The molecule has 0 aliphatic carbocycles. The minimum atomic E-state index is -4.92. The van der Waals surface area contributed by atoms with Crippen molar-refractivity contribution in [1.82, 2.24) is 5.23 Å². The number of hydrogen-bond acceptors (Lipinski definition) is 2. The van der Waals surface area contributed by atoms with E-state index in [1.54, 1.807) is 24.3 Å². The van der Waals surface area contributed by atoms with E-state index in [4.69, 9.17) is 4.74 Å². The Labute approximate surface area is 146 Å². The first-order valence-electron chi connectivity index (χ1n) is 4.08. The molecule has 0 unspecified atom stereocenters. The maximum Gasteiger partial charge on any atom is 1.00 e. The van der Waals surface area contributed by atoms with E-state index in [1.807, 2.05) is 0 Å². The number of nitrogens with one attached hydrogen (secondary N) is 1. The Hall–Kier alpha value is 0.951. The molecule has 0 fully saturated rings. The predicted molar refractivity (Wildman–Crippen MR) is 59.2 cm³/mol. The Morgan fingerprint density at radius 1 is 1.19 bits per heavy atom. The van der Waals surface area contributed by atoms with Crippen LogP contribution in [-0.4, -0.2) is 14.2 Å². The first-order chi connectivity index (χ1) is 6.51. The molecule has 0 heterocycles. The van der Waals surface area contributed by atoms with Gasteiger partial charge in [0.15, 0.2) is 0 Å². The molecule has 0 aromatic heterocycles. The molecule has 1 rings (SSSR count). The summed E-state index contributed by atoms with van der Waals surface area (Å²) in [7, 11) is -3.42. The van der Waals surface area contributed by atoms with Crippen molar-refractivity contribution in [1.29, 1.82) is 0 Å². The molecule has 0 saturated carbocycles. The largest absolute Gasteiger partial charge is 1.00 e. The zero-order valence-electron chi connectivity index (χ0n) is 9.04. The van der Waals surface area contributed by atoms with Gasteiger partial charge in [0.05, 0.1) is 7.11 Å². The van der Waals surface area contributed by atoms with Gasteiger partial charge in [-0.25, -0.2) is 0 Å². The van der Waals surface area contributed by atoms with Crippen molar-refractivity contribution >= 4 is 24.1 Å². The molecule has 86 valence electrons. The molecule has 1 aromatic rings. The van der Waals surface area contributed by atoms with Gasteiger partial charge in [0, 0.05) is 0 Å². The van der Waals surface area contributed by atoms with Gasteiger partial charge in [-0.05, 0) is 24.2 Å². The van der Waals surface area contributed by atoms with E-state index >= 15 is 0 Å². The summed E-state index contributed by atoms with van der Waals surface area (Å²) in [4.78, 5) is 0. The quantitative estimate of drug-likeness (QED) is 0.769. The summed E-state index contributed by atoms with van der Waals surface area (Å²) in [5, 5.41) is 1.50. The molecule has 1 aromatic carbocycles. The van der Waals surface area contributed by atoms with Crippen molar-refractivity contribution in [2.75, 3.05) is 7.11 Å². The third-order valence-corrected chi connectivity index (χ3v) is 1.70. The fraction of sp³-hybridized carbons (Fsp3) is 0.250. The van der Waals surface area contributed by atoms with Gasteiger partial charge in [-0.2, -0.15) is 0 Å². The van der Waals surface area contributed by atoms with Gasteiger partial charge in [0.25, 0.3) is 0 Å². The van der Waals surface area contributed by atoms with E-state index in [9.17, 15) is 12.9 Å². The summed E-state index contributed by atoms with van der Waals surface area (Å²) in [5.41, 5.74) is 0.574. The van der Waals surface area contributed by atoms with Crippen molar-refractivity contribution < 1.29 is 69.1 Å². The van der Waals surface area contributed by atoms with Gasteiger partial charge in [-0.1, -0.05) is 12.1 Å². The van der Waals surface area contributed by atoms with Crippen molar-refractivity contribution in [3.8, 4) is 5.75 Å². The molecule has 0 aliphatic rings. The number of benzene rings is 1. The van der Waals surface area contributed by atoms with Crippen molar-refractivity contribution in [2.45, 2.75) is 6.54 Å². The van der Waals surface area contributed by atoms with E-state index in [1.165, 1.54) is 12.3 Å². The number of ether oxygens (including phenoxy) is 1. The van der Waals surface area contributed by atoms with Crippen molar-refractivity contribution in [3.05, 3.63) is 29.8 Å². The fourth-order valence-electron chi connectivity index (χ4n) is 0.977. The molecule has 1 N–H and O–H groups in total. The third kappa shape index (κ3) is 8.10. The molecule has 16 heavy (non-hydrogen) atoms. The van der Waals surface area contributed by atoms with Crippen LogP contribution in [-0.2, 0) is 6.54 Å². The van der Waals surface area contributed by atoms with Crippen LogP contribution in [0, 0.1) is 0 Å². The Balaban J connectivity index is 0. The van der Waals surface area contributed by atoms with Gasteiger partial charge >= 0.3 is 58.5 Å². The normalized spacial score (nSPS) is 10.0. The number of hydrogen-bond donors (Lipinski definition) is 1. The fourth-order valence-corrected chi connectivity index (χ4v) is 0.977. The molecule has 0 radical (unpaired) electrons. The van der Waals surface area contributed by atoms with Gasteiger partial charge < -0.3 is 22.9 Å². The molecule has 0 atom stereocenters. The van der Waals surface area contributed by atoms with Crippen LogP contribution in [0.3, 0.4) is 0 Å². The molecule has 8 heteroatoms. The minimum Gasteiger partial charge on any atom is -0.497 e. The molecular formula is C8H11BBrF3KNO. The van der Waals surface area contributed by atoms with Gasteiger partial charge in [0.2, 0.25) is 0 Å². The third-order valence-electron chi connectivity index (χ3n) is 1.70. The van der Waals surface area contributed by atoms with Crippen LogP contribution < -0.4 is 61.3 Å². The number of methoxy groups -OCH3 is 1. The van der Waals surface area contributed by atoms with E-state index in [-0.39, 0.29) is 74.9 Å². The van der Waals surface area contributed by atoms with Gasteiger partial charge in [-0.15, -0.1) is 17.0 Å². The Bertz CT molecular complexity index is 296. The zero-order chi connectivity index (χ0) is 10.6. The first-order valence-corrected chi connectivity index (χ1v) is 4.08. The summed E-state index contributed by atoms with van der Waals surface area (Å²) in [6, 6.07) is 6.43. The number of halogens is 4. The second-order valence-electron chi connectivity index (χ2n) is 2.80. The average molecular weight is 324 g/mol. The van der Waals surface area contributed by atoms with Crippen molar-refractivity contribution in [3.63, 3.8) is 0 Å². The van der Waals surface area contributed by atoms with Gasteiger partial charge in [0.1, 0.15) is 5.75 Å². The minimum absolute atomic E-state index is 0. The SMILES string of the molecule is Br.COc1ccc(CN[B-](F)(F)F)cc1.[K+]. The Kier molecular flexibility index (Phi) is 10.8. The Morgan fingerprint density at radius 2 is 1.69 bits per heavy atom. The summed E-state index contributed by atoms with van der Waals surface area (Å²) >= 11 is 0. The molecular weight excluding hydrogens is 313 g/mol. The van der Waals surface area contributed by atoms with Crippen LogP contribution in [0.5, 0.6) is 5.75 Å². The van der Waals surface area contributed by atoms with E-state index < -0.39 is 7.11 Å². The summed E-state index contributed by atoms with van der Waals surface area (Å²) < 4.78 is 40.3. The summed E-state index contributed by atoms with van der Waals surface area (Å²) in [6.45, 7) is -0.201. The van der Waals surface area contributed by atoms with Crippen LogP contribution in [0.1, 0.15) is 5.56 Å². The summed E-state index contributed by atoms with van der Waals surface area (Å²) in [6.07, 6.45) is 0. The smallest absolute Gasteiger partial charge is 0.497 e. The second-order valence-corrected chi connectivity index (χ2v) is 2.80. The maximum atomic E-state index is 11.8. The monoisotopic (exact) mass is 323 g/mol. The van der Waals surface area contributed by atoms with Crippen LogP contribution in [0.4, 0.5) is 12.9 Å². The van der Waals surface area contributed by atoms with Gasteiger partial charge in [-0.3, -0.25) is 0 Å². The molecule has 0 amide bonds. The van der Waals surface area contributed by atoms with Crippen LogP contribution >= 0.6 is 17.0 Å². The van der Waals surface area contributed by atoms with E-state index in [0.29, 0.717) is 11.3 Å². The molecule has 0 aliphatic heterocycles. The van der Waals surface area contributed by atoms with E-state index in [2.05, 4.69) is 0 Å². The first kappa shape index (κ1) is 19.3. The van der Waals surface area contributed by atoms with Crippen LogP contribution in [0.2, 0.25) is 0 Å². The molecule has 2 nitrogen and oxygen atoms in total. The second kappa shape index (κ2) is 8.96. The summed E-state index contributed by atoms with van der Waals surface area (Å²) in [5.74, 6) is 0.631. The topological polar surface area (TPSA) is 21.3 Å². The molecule has 0 spiro atoms. The van der Waals surface area contributed by atoms with Crippen LogP contribution in [0.25, 0.3) is 0 Å². The molecule has 0 bridgehead atoms. The predicted octanol–water partition coefficient (Wildman–Crippen LogP) is -0.289. The maximum absolute atomic E-state index is 11.8. The standard InChI is InChI=1S/C8H10BF3NO.BrH.K/c1-14-8-4-2-7(3-5-8)6-13-9(10,11)12;;/h2-5,13H,6H2,1H3;1H;/q-1;;+1.